The average Bonchev–Trinajstić information content (AvgIpc) is 3.14. The predicted octanol–water partition coefficient (Wildman–Crippen LogP) is 2.93. The summed E-state index contributed by atoms with van der Waals surface area (Å²) in [7, 11) is 0. The van der Waals surface area contributed by atoms with E-state index in [1.54, 1.807) is 12.1 Å². The summed E-state index contributed by atoms with van der Waals surface area (Å²) in [6.45, 7) is 2.66. The number of amides is 3. The van der Waals surface area contributed by atoms with Crippen molar-refractivity contribution in [1.29, 1.82) is 0 Å². The largest absolute Gasteiger partial charge is 0.320 e. The molecule has 3 rings (SSSR count). The minimum atomic E-state index is -0.866. The van der Waals surface area contributed by atoms with Crippen molar-refractivity contribution in [3.8, 4) is 5.82 Å². The lowest BCUT2D eigenvalue weighted by molar-refractivity contribution is -0.384. The third-order valence-corrected chi connectivity index (χ3v) is 4.90. The summed E-state index contributed by atoms with van der Waals surface area (Å²) in [5.74, 6) is -1.92. The van der Waals surface area contributed by atoms with Crippen LogP contribution in [0.3, 0.4) is 0 Å². The van der Waals surface area contributed by atoms with E-state index in [2.05, 4.69) is 42.2 Å². The SMILES string of the molecule is CC(=O)NNC(=O)c1cc([N+](=O)[O-])cc(C)c1NC(=O)c1cc(Br)nn1-c1ncccc1Cl. The summed E-state index contributed by atoms with van der Waals surface area (Å²) in [5.41, 5.74) is 3.90. The van der Waals surface area contributed by atoms with Gasteiger partial charge in [-0.2, -0.15) is 5.10 Å². The molecule has 0 aliphatic rings. The molecule has 3 N–H and O–H groups in total. The molecule has 0 radical (unpaired) electrons. The first kappa shape index (κ1) is 23.8. The monoisotopic (exact) mass is 535 g/mol. The number of hydrazine groups is 1. The number of hydrogen-bond acceptors (Lipinski definition) is 7. The van der Waals surface area contributed by atoms with Crippen molar-refractivity contribution in [2.24, 2.45) is 0 Å². The molecule has 0 atom stereocenters. The van der Waals surface area contributed by atoms with Gasteiger partial charge in [0.15, 0.2) is 5.82 Å². The molecule has 12 nitrogen and oxygen atoms in total. The van der Waals surface area contributed by atoms with Crippen molar-refractivity contribution < 1.29 is 19.3 Å². The van der Waals surface area contributed by atoms with Crippen molar-refractivity contribution in [3.63, 3.8) is 0 Å². The number of anilines is 1. The minimum Gasteiger partial charge on any atom is -0.320 e. The van der Waals surface area contributed by atoms with Crippen LogP contribution in [0.25, 0.3) is 5.82 Å². The Bertz CT molecular complexity index is 1290. The number of nitrogens with zero attached hydrogens (tertiary/aromatic N) is 4. The van der Waals surface area contributed by atoms with Crippen molar-refractivity contribution in [2.45, 2.75) is 13.8 Å². The molecule has 2 heterocycles. The van der Waals surface area contributed by atoms with Gasteiger partial charge in [-0.05, 0) is 40.5 Å². The average molecular weight is 537 g/mol. The quantitative estimate of drug-likeness (QED) is 0.333. The van der Waals surface area contributed by atoms with E-state index >= 15 is 0 Å². The zero-order valence-electron chi connectivity index (χ0n) is 17.1. The van der Waals surface area contributed by atoms with Gasteiger partial charge in [0, 0.05) is 31.3 Å². The first-order valence-electron chi connectivity index (χ1n) is 9.12. The molecule has 0 saturated heterocycles. The Hall–Kier alpha value is -3.84. The highest BCUT2D eigenvalue weighted by Gasteiger charge is 2.24. The smallest absolute Gasteiger partial charge is 0.274 e. The second-order valence-electron chi connectivity index (χ2n) is 6.60. The number of nitro benzene ring substituents is 1. The van der Waals surface area contributed by atoms with Crippen LogP contribution in [-0.4, -0.2) is 37.4 Å². The zero-order chi connectivity index (χ0) is 24.3. The number of carbonyl (C=O) groups is 3. The van der Waals surface area contributed by atoms with E-state index in [-0.39, 0.29) is 39.0 Å². The van der Waals surface area contributed by atoms with Gasteiger partial charge >= 0.3 is 0 Å². The lowest BCUT2D eigenvalue weighted by Gasteiger charge is -2.15. The molecule has 0 saturated carbocycles. The summed E-state index contributed by atoms with van der Waals surface area (Å²) < 4.78 is 1.53. The standard InChI is InChI=1S/C19H15BrClN7O5/c1-9-6-11(28(32)33)7-12(18(30)25-24-10(2)29)16(9)23-19(31)14-8-15(20)26-27(14)17-13(21)4-3-5-22-17/h3-8H,1-2H3,(H,23,31)(H,24,29)(H,25,30). The lowest BCUT2D eigenvalue weighted by atomic mass is 10.1. The molecule has 3 amide bonds. The Balaban J connectivity index is 2.04. The van der Waals surface area contributed by atoms with Gasteiger partial charge in [-0.3, -0.25) is 35.3 Å². The Morgan fingerprint density at radius 1 is 1.18 bits per heavy atom. The van der Waals surface area contributed by atoms with Gasteiger partial charge in [0.25, 0.3) is 17.5 Å². The van der Waals surface area contributed by atoms with E-state index < -0.39 is 22.6 Å². The van der Waals surface area contributed by atoms with Crippen LogP contribution in [-0.2, 0) is 4.79 Å². The van der Waals surface area contributed by atoms with Crippen molar-refractivity contribution >= 4 is 56.6 Å². The molecule has 3 aromatic rings. The number of benzene rings is 1. The first-order valence-corrected chi connectivity index (χ1v) is 10.3. The molecule has 0 unspecified atom stereocenters. The molecule has 2 aromatic heterocycles. The molecular weight excluding hydrogens is 522 g/mol. The Morgan fingerprint density at radius 3 is 2.55 bits per heavy atom. The molecule has 1 aromatic carbocycles. The highest BCUT2D eigenvalue weighted by atomic mass is 79.9. The van der Waals surface area contributed by atoms with Crippen LogP contribution in [0.15, 0.2) is 41.1 Å². The molecule has 0 aliphatic heterocycles. The van der Waals surface area contributed by atoms with Gasteiger partial charge < -0.3 is 5.32 Å². The Morgan fingerprint density at radius 2 is 1.91 bits per heavy atom. The second kappa shape index (κ2) is 9.75. The van der Waals surface area contributed by atoms with Crippen LogP contribution in [0, 0.1) is 17.0 Å². The second-order valence-corrected chi connectivity index (χ2v) is 7.82. The van der Waals surface area contributed by atoms with E-state index in [9.17, 15) is 24.5 Å². The fourth-order valence-electron chi connectivity index (χ4n) is 2.82. The Labute approximate surface area is 199 Å². The van der Waals surface area contributed by atoms with Gasteiger partial charge in [0.2, 0.25) is 5.91 Å². The highest BCUT2D eigenvalue weighted by Crippen LogP contribution is 2.28. The number of aromatic nitrogens is 3. The summed E-state index contributed by atoms with van der Waals surface area (Å²) in [6, 6.07) is 6.80. The fourth-order valence-corrected chi connectivity index (χ4v) is 3.39. The van der Waals surface area contributed by atoms with E-state index in [1.807, 2.05) is 0 Å². The van der Waals surface area contributed by atoms with Gasteiger partial charge in [0.05, 0.1) is 21.2 Å². The highest BCUT2D eigenvalue weighted by molar-refractivity contribution is 9.10. The topological polar surface area (TPSA) is 161 Å². The van der Waals surface area contributed by atoms with Gasteiger partial charge in [-0.25, -0.2) is 9.67 Å². The maximum atomic E-state index is 13.1. The molecule has 14 heteroatoms. The molecule has 170 valence electrons. The molecule has 0 bridgehead atoms. The van der Waals surface area contributed by atoms with E-state index in [4.69, 9.17) is 11.6 Å². The number of halogens is 2. The van der Waals surface area contributed by atoms with Gasteiger partial charge in [-0.15, -0.1) is 0 Å². The summed E-state index contributed by atoms with van der Waals surface area (Å²) in [5, 5.41) is 18.3. The van der Waals surface area contributed by atoms with Crippen LogP contribution >= 0.6 is 27.5 Å². The number of rotatable bonds is 5. The van der Waals surface area contributed by atoms with Crippen LogP contribution < -0.4 is 16.2 Å². The van der Waals surface area contributed by atoms with Crippen LogP contribution in [0.4, 0.5) is 11.4 Å². The predicted molar refractivity (Wildman–Crippen MR) is 121 cm³/mol. The number of carbonyl (C=O) groups excluding carboxylic acids is 3. The van der Waals surface area contributed by atoms with E-state index in [0.29, 0.717) is 4.60 Å². The van der Waals surface area contributed by atoms with Crippen LogP contribution in [0.5, 0.6) is 0 Å². The molecule has 0 spiro atoms. The third kappa shape index (κ3) is 5.32. The lowest BCUT2D eigenvalue weighted by Crippen LogP contribution is -2.40. The van der Waals surface area contributed by atoms with Crippen molar-refractivity contribution in [2.75, 3.05) is 5.32 Å². The maximum Gasteiger partial charge on any atom is 0.274 e. The maximum absolute atomic E-state index is 13.1. The van der Waals surface area contributed by atoms with Crippen molar-refractivity contribution in [3.05, 3.63) is 73.1 Å². The minimum absolute atomic E-state index is 0.00411. The van der Waals surface area contributed by atoms with E-state index in [0.717, 1.165) is 6.07 Å². The summed E-state index contributed by atoms with van der Waals surface area (Å²) in [4.78, 5) is 51.6. The number of nitrogens with one attached hydrogen (secondary N) is 3. The van der Waals surface area contributed by atoms with Crippen LogP contribution in [0.2, 0.25) is 5.02 Å². The van der Waals surface area contributed by atoms with Crippen LogP contribution in [0.1, 0.15) is 33.3 Å². The zero-order valence-corrected chi connectivity index (χ0v) is 19.4. The normalized spacial score (nSPS) is 10.4. The molecular formula is C19H15BrClN7O5. The molecule has 33 heavy (non-hydrogen) atoms. The van der Waals surface area contributed by atoms with E-state index in [1.165, 1.54) is 36.9 Å². The number of aryl methyl sites for hydroxylation is 1. The Kier molecular flexibility index (Phi) is 7.04. The number of nitro groups is 1. The molecule has 0 fully saturated rings. The fraction of sp³-hybridized carbons (Fsp3) is 0.105. The molecule has 0 aliphatic carbocycles. The number of non-ortho nitro benzene ring substituents is 1. The summed E-state index contributed by atoms with van der Waals surface area (Å²) >= 11 is 9.39. The number of hydrogen-bond donors (Lipinski definition) is 3. The van der Waals surface area contributed by atoms with Crippen molar-refractivity contribution in [1.82, 2.24) is 25.6 Å². The summed E-state index contributed by atoms with van der Waals surface area (Å²) in [6.07, 6.45) is 1.48. The van der Waals surface area contributed by atoms with Gasteiger partial charge in [0.1, 0.15) is 10.3 Å². The first-order chi connectivity index (χ1) is 15.6. The number of pyridine rings is 1. The van der Waals surface area contributed by atoms with Gasteiger partial charge in [-0.1, -0.05) is 11.6 Å². The third-order valence-electron chi connectivity index (χ3n) is 4.22.